The van der Waals surface area contributed by atoms with Gasteiger partial charge in [-0.25, -0.2) is 0 Å². The van der Waals surface area contributed by atoms with Crippen LogP contribution in [0.25, 0.3) is 0 Å². The average molecular weight is 201 g/mol. The van der Waals surface area contributed by atoms with Gasteiger partial charge in [-0.15, -0.1) is 0 Å². The summed E-state index contributed by atoms with van der Waals surface area (Å²) in [7, 11) is 0. The number of hydrogen-bond donors (Lipinski definition) is 1. The molecule has 2 aromatic rings. The molecule has 0 unspecified atom stereocenters. The van der Waals surface area contributed by atoms with Crippen LogP contribution in [0.5, 0.6) is 0 Å². The maximum atomic E-state index is 5.00. The molecule has 2 heteroatoms. The summed E-state index contributed by atoms with van der Waals surface area (Å²) in [5.41, 5.74) is 3.67. The quantitative estimate of drug-likeness (QED) is 0.819. The Morgan fingerprint density at radius 2 is 1.87 bits per heavy atom. The predicted octanol–water partition coefficient (Wildman–Crippen LogP) is 3.45. The zero-order valence-electron chi connectivity index (χ0n) is 8.86. The first-order valence-electron chi connectivity index (χ1n) is 5.22. The summed E-state index contributed by atoms with van der Waals surface area (Å²) in [5, 5.41) is 3.34. The summed E-state index contributed by atoms with van der Waals surface area (Å²) in [5.74, 6) is 0. The Labute approximate surface area is 89.9 Å². The van der Waals surface area contributed by atoms with Crippen LogP contribution in [0.2, 0.25) is 0 Å². The van der Waals surface area contributed by atoms with Crippen LogP contribution in [0.1, 0.15) is 18.1 Å². The van der Waals surface area contributed by atoms with E-state index < -0.39 is 0 Å². The molecular formula is C13H15NO. The first kappa shape index (κ1) is 9.84. The van der Waals surface area contributed by atoms with Gasteiger partial charge >= 0.3 is 0 Å². The minimum Gasteiger partial charge on any atom is -0.472 e. The van der Waals surface area contributed by atoms with Crippen molar-refractivity contribution >= 4 is 5.69 Å². The highest BCUT2D eigenvalue weighted by atomic mass is 16.3. The zero-order valence-corrected chi connectivity index (χ0v) is 8.86. The molecule has 0 aliphatic heterocycles. The fourth-order valence-electron chi connectivity index (χ4n) is 1.46. The van der Waals surface area contributed by atoms with Crippen LogP contribution < -0.4 is 5.32 Å². The maximum Gasteiger partial charge on any atom is 0.0952 e. The third kappa shape index (κ3) is 2.62. The minimum absolute atomic E-state index is 0.808. The van der Waals surface area contributed by atoms with Gasteiger partial charge in [0.1, 0.15) is 0 Å². The van der Waals surface area contributed by atoms with Gasteiger partial charge in [0.2, 0.25) is 0 Å². The molecule has 0 aliphatic rings. The second-order valence-corrected chi connectivity index (χ2v) is 3.54. The standard InChI is InChI=1S/C13H15NO/c1-2-11-3-5-13(6-4-11)14-9-12-7-8-15-10-12/h3-8,10,14H,2,9H2,1H3. The molecule has 0 aliphatic carbocycles. The lowest BCUT2D eigenvalue weighted by molar-refractivity contribution is 0.564. The van der Waals surface area contributed by atoms with Crippen molar-refractivity contribution in [2.75, 3.05) is 5.32 Å². The lowest BCUT2D eigenvalue weighted by Gasteiger charge is -2.05. The Balaban J connectivity index is 1.93. The molecular weight excluding hydrogens is 186 g/mol. The molecule has 0 saturated heterocycles. The highest BCUT2D eigenvalue weighted by Gasteiger charge is 1.95. The lowest BCUT2D eigenvalue weighted by Crippen LogP contribution is -1.97. The fraction of sp³-hybridized carbons (Fsp3) is 0.231. The molecule has 1 N–H and O–H groups in total. The van der Waals surface area contributed by atoms with E-state index in [-0.39, 0.29) is 0 Å². The van der Waals surface area contributed by atoms with E-state index in [2.05, 4.69) is 36.5 Å². The highest BCUT2D eigenvalue weighted by Crippen LogP contribution is 2.11. The van der Waals surface area contributed by atoms with Gasteiger partial charge in [-0.05, 0) is 30.2 Å². The number of furan rings is 1. The van der Waals surface area contributed by atoms with Crippen LogP contribution >= 0.6 is 0 Å². The SMILES string of the molecule is CCc1ccc(NCc2ccoc2)cc1. The van der Waals surface area contributed by atoms with Crippen LogP contribution in [0.3, 0.4) is 0 Å². The number of benzene rings is 1. The second-order valence-electron chi connectivity index (χ2n) is 3.54. The summed E-state index contributed by atoms with van der Waals surface area (Å²) in [6, 6.07) is 10.5. The van der Waals surface area contributed by atoms with Gasteiger partial charge in [0.25, 0.3) is 0 Å². The molecule has 2 rings (SSSR count). The van der Waals surface area contributed by atoms with E-state index in [0.717, 1.165) is 24.2 Å². The normalized spacial score (nSPS) is 10.2. The van der Waals surface area contributed by atoms with Crippen molar-refractivity contribution in [2.45, 2.75) is 19.9 Å². The average Bonchev–Trinajstić information content (AvgIpc) is 2.80. The molecule has 0 saturated carbocycles. The van der Waals surface area contributed by atoms with Crippen molar-refractivity contribution in [3.8, 4) is 0 Å². The van der Waals surface area contributed by atoms with Gasteiger partial charge in [0.05, 0.1) is 12.5 Å². The topological polar surface area (TPSA) is 25.2 Å². The molecule has 0 fully saturated rings. The number of anilines is 1. The van der Waals surface area contributed by atoms with Crippen LogP contribution in [0.4, 0.5) is 5.69 Å². The van der Waals surface area contributed by atoms with Crippen LogP contribution in [-0.2, 0) is 13.0 Å². The number of rotatable bonds is 4. The van der Waals surface area contributed by atoms with Crippen molar-refractivity contribution < 1.29 is 4.42 Å². The van der Waals surface area contributed by atoms with Crippen molar-refractivity contribution in [1.29, 1.82) is 0 Å². The van der Waals surface area contributed by atoms with Gasteiger partial charge in [-0.3, -0.25) is 0 Å². The third-order valence-corrected chi connectivity index (χ3v) is 2.44. The van der Waals surface area contributed by atoms with E-state index in [1.807, 2.05) is 6.07 Å². The number of nitrogens with one attached hydrogen (secondary N) is 1. The van der Waals surface area contributed by atoms with E-state index in [0.29, 0.717) is 0 Å². The Morgan fingerprint density at radius 1 is 1.07 bits per heavy atom. The number of hydrogen-bond acceptors (Lipinski definition) is 2. The maximum absolute atomic E-state index is 5.00. The third-order valence-electron chi connectivity index (χ3n) is 2.44. The summed E-state index contributed by atoms with van der Waals surface area (Å²) >= 11 is 0. The largest absolute Gasteiger partial charge is 0.472 e. The molecule has 78 valence electrons. The Kier molecular flexibility index (Phi) is 3.08. The summed E-state index contributed by atoms with van der Waals surface area (Å²) < 4.78 is 5.00. The Bertz CT molecular complexity index is 389. The Hall–Kier alpha value is -1.70. The van der Waals surface area contributed by atoms with Crippen molar-refractivity contribution in [3.63, 3.8) is 0 Å². The molecule has 1 heterocycles. The molecule has 0 atom stereocenters. The van der Waals surface area contributed by atoms with Gasteiger partial charge in [0.15, 0.2) is 0 Å². The fourth-order valence-corrected chi connectivity index (χ4v) is 1.46. The van der Waals surface area contributed by atoms with Crippen LogP contribution in [0.15, 0.2) is 47.3 Å². The minimum atomic E-state index is 0.808. The van der Waals surface area contributed by atoms with Crippen molar-refractivity contribution in [1.82, 2.24) is 0 Å². The molecule has 0 amide bonds. The first-order valence-corrected chi connectivity index (χ1v) is 5.22. The first-order chi connectivity index (χ1) is 7.38. The molecule has 1 aromatic heterocycles. The van der Waals surface area contributed by atoms with E-state index in [9.17, 15) is 0 Å². The monoisotopic (exact) mass is 201 g/mol. The van der Waals surface area contributed by atoms with E-state index in [1.165, 1.54) is 5.56 Å². The second kappa shape index (κ2) is 4.69. The molecule has 0 spiro atoms. The smallest absolute Gasteiger partial charge is 0.0952 e. The highest BCUT2D eigenvalue weighted by molar-refractivity contribution is 5.44. The number of aryl methyl sites for hydroxylation is 1. The van der Waals surface area contributed by atoms with Gasteiger partial charge in [-0.1, -0.05) is 19.1 Å². The van der Waals surface area contributed by atoms with E-state index in [4.69, 9.17) is 4.42 Å². The van der Waals surface area contributed by atoms with E-state index in [1.54, 1.807) is 12.5 Å². The molecule has 15 heavy (non-hydrogen) atoms. The Morgan fingerprint density at radius 3 is 2.47 bits per heavy atom. The molecule has 0 radical (unpaired) electrons. The predicted molar refractivity (Wildman–Crippen MR) is 61.9 cm³/mol. The molecule has 2 nitrogen and oxygen atoms in total. The van der Waals surface area contributed by atoms with Gasteiger partial charge in [0, 0.05) is 17.8 Å². The lowest BCUT2D eigenvalue weighted by atomic mass is 10.1. The molecule has 1 aromatic carbocycles. The van der Waals surface area contributed by atoms with Gasteiger partial charge < -0.3 is 9.73 Å². The summed E-state index contributed by atoms with van der Waals surface area (Å²) in [4.78, 5) is 0. The summed E-state index contributed by atoms with van der Waals surface area (Å²) in [6.45, 7) is 2.97. The van der Waals surface area contributed by atoms with Crippen molar-refractivity contribution in [3.05, 3.63) is 54.0 Å². The van der Waals surface area contributed by atoms with Crippen LogP contribution in [-0.4, -0.2) is 0 Å². The molecule has 0 bridgehead atoms. The summed E-state index contributed by atoms with van der Waals surface area (Å²) in [6.07, 6.45) is 4.53. The van der Waals surface area contributed by atoms with E-state index >= 15 is 0 Å². The van der Waals surface area contributed by atoms with Gasteiger partial charge in [-0.2, -0.15) is 0 Å². The van der Waals surface area contributed by atoms with Crippen molar-refractivity contribution in [2.24, 2.45) is 0 Å². The zero-order chi connectivity index (χ0) is 10.5. The van der Waals surface area contributed by atoms with Crippen LogP contribution in [0, 0.1) is 0 Å².